The molecule has 2 atom stereocenters. The molecule has 0 radical (unpaired) electrons. The maximum atomic E-state index is 12.5. The molecule has 2 aromatic rings. The predicted molar refractivity (Wildman–Crippen MR) is 102 cm³/mol. The van der Waals surface area contributed by atoms with Crippen LogP contribution in [-0.4, -0.2) is 40.1 Å². The molecule has 1 aromatic heterocycles. The van der Waals surface area contributed by atoms with Crippen molar-refractivity contribution in [1.29, 1.82) is 0 Å². The number of aliphatic carboxylic acids is 1. The van der Waals surface area contributed by atoms with Gasteiger partial charge in [-0.3, -0.25) is 4.79 Å². The smallest absolute Gasteiger partial charge is 0.321 e. The number of anilines is 1. The molecule has 0 aliphatic carbocycles. The highest BCUT2D eigenvalue weighted by Gasteiger charge is 2.31. The SMILES string of the molecule is CC1CC(C(=O)O)CN(C(=O)Nc2cccc(C#Cc3ccccn3)c2)C1. The van der Waals surface area contributed by atoms with Crippen molar-refractivity contribution in [3.8, 4) is 11.8 Å². The van der Waals surface area contributed by atoms with Crippen molar-refractivity contribution < 1.29 is 14.7 Å². The Morgan fingerprint density at radius 2 is 2.04 bits per heavy atom. The van der Waals surface area contributed by atoms with E-state index >= 15 is 0 Å². The maximum absolute atomic E-state index is 12.5. The predicted octanol–water partition coefficient (Wildman–Crippen LogP) is 3.06. The Labute approximate surface area is 158 Å². The first kappa shape index (κ1) is 18.5. The van der Waals surface area contributed by atoms with Crippen molar-refractivity contribution in [3.63, 3.8) is 0 Å². The van der Waals surface area contributed by atoms with Crippen LogP contribution in [0.15, 0.2) is 48.7 Å². The number of nitrogens with zero attached hydrogens (tertiary/aromatic N) is 2. The molecule has 6 nitrogen and oxygen atoms in total. The van der Waals surface area contributed by atoms with Gasteiger partial charge in [0.2, 0.25) is 0 Å². The van der Waals surface area contributed by atoms with Crippen LogP contribution in [0.5, 0.6) is 0 Å². The van der Waals surface area contributed by atoms with Gasteiger partial charge in [-0.15, -0.1) is 0 Å². The molecule has 2 N–H and O–H groups in total. The number of pyridine rings is 1. The molecule has 1 aliphatic rings. The summed E-state index contributed by atoms with van der Waals surface area (Å²) < 4.78 is 0. The molecule has 1 aliphatic heterocycles. The molecular weight excluding hydrogens is 342 g/mol. The molecule has 27 heavy (non-hydrogen) atoms. The molecule has 0 spiro atoms. The molecule has 2 unspecified atom stereocenters. The van der Waals surface area contributed by atoms with Crippen LogP contribution in [0.3, 0.4) is 0 Å². The summed E-state index contributed by atoms with van der Waals surface area (Å²) in [5, 5.41) is 12.1. The minimum Gasteiger partial charge on any atom is -0.481 e. The van der Waals surface area contributed by atoms with Crippen molar-refractivity contribution in [2.75, 3.05) is 18.4 Å². The highest BCUT2D eigenvalue weighted by atomic mass is 16.4. The number of urea groups is 1. The van der Waals surface area contributed by atoms with E-state index in [9.17, 15) is 14.7 Å². The van der Waals surface area contributed by atoms with Crippen LogP contribution in [0, 0.1) is 23.7 Å². The molecule has 2 amide bonds. The zero-order chi connectivity index (χ0) is 19.2. The fourth-order valence-electron chi connectivity index (χ4n) is 3.15. The van der Waals surface area contributed by atoms with E-state index in [4.69, 9.17) is 0 Å². The molecular formula is C21H21N3O3. The minimum absolute atomic E-state index is 0.154. The second-order valence-electron chi connectivity index (χ2n) is 6.76. The summed E-state index contributed by atoms with van der Waals surface area (Å²) in [7, 11) is 0. The van der Waals surface area contributed by atoms with Gasteiger partial charge >= 0.3 is 12.0 Å². The fourth-order valence-corrected chi connectivity index (χ4v) is 3.15. The van der Waals surface area contributed by atoms with E-state index in [-0.39, 0.29) is 18.5 Å². The average molecular weight is 363 g/mol. The van der Waals surface area contributed by atoms with Gasteiger partial charge in [0.05, 0.1) is 5.92 Å². The van der Waals surface area contributed by atoms with Crippen LogP contribution in [0.25, 0.3) is 0 Å². The number of carbonyl (C=O) groups is 2. The maximum Gasteiger partial charge on any atom is 0.321 e. The lowest BCUT2D eigenvalue weighted by Gasteiger charge is -2.34. The third kappa shape index (κ3) is 5.08. The Morgan fingerprint density at radius 3 is 2.78 bits per heavy atom. The van der Waals surface area contributed by atoms with Crippen molar-refractivity contribution in [3.05, 3.63) is 59.9 Å². The van der Waals surface area contributed by atoms with Crippen LogP contribution < -0.4 is 5.32 Å². The average Bonchev–Trinajstić information content (AvgIpc) is 2.67. The summed E-state index contributed by atoms with van der Waals surface area (Å²) in [5.74, 6) is 4.79. The molecule has 3 rings (SSSR count). The number of carboxylic acids is 1. The summed E-state index contributed by atoms with van der Waals surface area (Å²) >= 11 is 0. The van der Waals surface area contributed by atoms with Gasteiger partial charge in [-0.25, -0.2) is 9.78 Å². The van der Waals surface area contributed by atoms with E-state index in [1.807, 2.05) is 37.3 Å². The van der Waals surface area contributed by atoms with Gasteiger partial charge in [0.1, 0.15) is 5.69 Å². The second-order valence-corrected chi connectivity index (χ2v) is 6.76. The lowest BCUT2D eigenvalue weighted by atomic mass is 9.91. The Bertz CT molecular complexity index is 886. The van der Waals surface area contributed by atoms with Crippen LogP contribution in [-0.2, 0) is 4.79 Å². The number of likely N-dealkylation sites (tertiary alicyclic amines) is 1. The van der Waals surface area contributed by atoms with Crippen molar-refractivity contribution in [1.82, 2.24) is 9.88 Å². The van der Waals surface area contributed by atoms with E-state index in [0.717, 1.165) is 5.56 Å². The number of hydrogen-bond donors (Lipinski definition) is 2. The molecule has 2 heterocycles. The highest BCUT2D eigenvalue weighted by Crippen LogP contribution is 2.22. The largest absolute Gasteiger partial charge is 0.481 e. The topological polar surface area (TPSA) is 82.5 Å². The Morgan fingerprint density at radius 1 is 1.19 bits per heavy atom. The van der Waals surface area contributed by atoms with E-state index in [1.54, 1.807) is 23.2 Å². The summed E-state index contributed by atoms with van der Waals surface area (Å²) in [6, 6.07) is 12.5. The molecule has 6 heteroatoms. The Balaban J connectivity index is 1.68. The number of rotatable bonds is 2. The van der Waals surface area contributed by atoms with Crippen LogP contribution in [0.1, 0.15) is 24.6 Å². The van der Waals surface area contributed by atoms with E-state index < -0.39 is 11.9 Å². The van der Waals surface area contributed by atoms with Crippen LogP contribution in [0.2, 0.25) is 0 Å². The number of nitrogens with one attached hydrogen (secondary N) is 1. The van der Waals surface area contributed by atoms with Gasteiger partial charge in [-0.1, -0.05) is 25.0 Å². The zero-order valence-electron chi connectivity index (χ0n) is 15.1. The van der Waals surface area contributed by atoms with Gasteiger partial charge in [0, 0.05) is 30.5 Å². The monoisotopic (exact) mass is 363 g/mol. The number of hydrogen-bond acceptors (Lipinski definition) is 3. The second kappa shape index (κ2) is 8.37. The summed E-state index contributed by atoms with van der Waals surface area (Å²) in [4.78, 5) is 29.6. The number of benzene rings is 1. The lowest BCUT2D eigenvalue weighted by molar-refractivity contribution is -0.143. The van der Waals surface area contributed by atoms with Gasteiger partial charge in [-0.05, 0) is 48.6 Å². The van der Waals surface area contributed by atoms with E-state index in [0.29, 0.717) is 24.3 Å². The van der Waals surface area contributed by atoms with Gasteiger partial charge in [0.15, 0.2) is 0 Å². The summed E-state index contributed by atoms with van der Waals surface area (Å²) in [5.41, 5.74) is 2.06. The third-order valence-electron chi connectivity index (χ3n) is 4.41. The summed E-state index contributed by atoms with van der Waals surface area (Å²) in [6.45, 7) is 2.74. The molecule has 138 valence electrons. The summed E-state index contributed by atoms with van der Waals surface area (Å²) in [6.07, 6.45) is 2.28. The first-order valence-electron chi connectivity index (χ1n) is 8.83. The molecule has 1 saturated heterocycles. The van der Waals surface area contributed by atoms with E-state index in [1.165, 1.54) is 0 Å². The number of carboxylic acid groups (broad SMARTS) is 1. The normalized spacial score (nSPS) is 18.9. The quantitative estimate of drug-likeness (QED) is 0.804. The molecule has 1 fully saturated rings. The molecule has 0 saturated carbocycles. The van der Waals surface area contributed by atoms with Gasteiger partial charge < -0.3 is 15.3 Å². The van der Waals surface area contributed by atoms with Crippen molar-refractivity contribution in [2.45, 2.75) is 13.3 Å². The van der Waals surface area contributed by atoms with Crippen LogP contribution in [0.4, 0.5) is 10.5 Å². The minimum atomic E-state index is -0.855. The first-order chi connectivity index (χ1) is 13.0. The third-order valence-corrected chi connectivity index (χ3v) is 4.41. The number of carbonyl (C=O) groups excluding carboxylic acids is 1. The Kier molecular flexibility index (Phi) is 5.72. The van der Waals surface area contributed by atoms with Gasteiger partial charge in [0.25, 0.3) is 0 Å². The lowest BCUT2D eigenvalue weighted by Crippen LogP contribution is -2.47. The number of piperidine rings is 1. The highest BCUT2D eigenvalue weighted by molar-refractivity contribution is 5.90. The molecule has 1 aromatic carbocycles. The Hall–Kier alpha value is -3.33. The number of amides is 2. The molecule has 0 bridgehead atoms. The number of aromatic nitrogens is 1. The zero-order valence-corrected chi connectivity index (χ0v) is 15.1. The first-order valence-corrected chi connectivity index (χ1v) is 8.83. The van der Waals surface area contributed by atoms with E-state index in [2.05, 4.69) is 22.1 Å². The van der Waals surface area contributed by atoms with Crippen LogP contribution >= 0.6 is 0 Å². The fraction of sp³-hybridized carbons (Fsp3) is 0.286. The van der Waals surface area contributed by atoms with Gasteiger partial charge in [-0.2, -0.15) is 0 Å². The standard InChI is InChI=1S/C21H21N3O3/c1-15-11-17(20(25)26)14-24(13-15)21(27)23-19-7-4-5-16(12-19)8-9-18-6-2-3-10-22-18/h2-7,10,12,15,17H,11,13-14H2,1H3,(H,23,27)(H,25,26). The van der Waals surface area contributed by atoms with Crippen molar-refractivity contribution in [2.24, 2.45) is 11.8 Å². The van der Waals surface area contributed by atoms with Crippen molar-refractivity contribution >= 4 is 17.7 Å².